The average molecular weight is 332 g/mol. The normalized spacial score (nSPS) is 15.6. The zero-order valence-corrected chi connectivity index (χ0v) is 14.8. The first-order valence-corrected chi connectivity index (χ1v) is 9.66. The Labute approximate surface area is 129 Å². The number of hydrogen-bond acceptors (Lipinski definition) is 1. The van der Waals surface area contributed by atoms with Crippen molar-refractivity contribution in [3.63, 3.8) is 0 Å². The molecule has 0 unspecified atom stereocenters. The van der Waals surface area contributed by atoms with Crippen LogP contribution in [0.4, 0.5) is 0 Å². The van der Waals surface area contributed by atoms with Crippen LogP contribution in [0.25, 0.3) is 0 Å². The molecule has 0 N–H and O–H groups in total. The third-order valence-electron chi connectivity index (χ3n) is 4.14. The quantitative estimate of drug-likeness (QED) is 0.312. The van der Waals surface area contributed by atoms with Crippen LogP contribution in [0.15, 0.2) is 0 Å². The summed E-state index contributed by atoms with van der Waals surface area (Å²) in [5.41, 5.74) is 0. The van der Waals surface area contributed by atoms with Crippen molar-refractivity contribution in [2.24, 2.45) is 5.92 Å². The van der Waals surface area contributed by atoms with Gasteiger partial charge in [-0.15, -0.1) is 0 Å². The van der Waals surface area contributed by atoms with Crippen molar-refractivity contribution in [3.05, 3.63) is 0 Å². The summed E-state index contributed by atoms with van der Waals surface area (Å²) in [6, 6.07) is 0.956. The Morgan fingerprint density at radius 3 is 2.00 bits per heavy atom. The molecule has 1 fully saturated rings. The van der Waals surface area contributed by atoms with Gasteiger partial charge < -0.3 is 4.90 Å². The Hall–Kier alpha value is 0.440. The predicted octanol–water partition coefficient (Wildman–Crippen LogP) is 5.62. The molecule has 1 rings (SSSR count). The van der Waals surface area contributed by atoms with Crippen molar-refractivity contribution < 1.29 is 0 Å². The molecule has 2 heteroatoms. The van der Waals surface area contributed by atoms with Crippen molar-refractivity contribution >= 4 is 15.9 Å². The number of unbranched alkanes of at least 4 members (excludes halogenated alkanes) is 6. The Bertz CT molecular complexity index is 201. The molecule has 0 saturated heterocycles. The molecule has 0 spiro atoms. The molecular weight excluding hydrogens is 298 g/mol. The number of alkyl halides is 1. The summed E-state index contributed by atoms with van der Waals surface area (Å²) in [6.45, 7) is 7.39. The minimum Gasteiger partial charge on any atom is -0.300 e. The second-order valence-corrected chi connectivity index (χ2v) is 7.41. The summed E-state index contributed by atoms with van der Waals surface area (Å²) < 4.78 is 0. The Morgan fingerprint density at radius 2 is 1.47 bits per heavy atom. The molecule has 0 bridgehead atoms. The molecule has 1 saturated carbocycles. The fourth-order valence-corrected chi connectivity index (χ4v) is 3.03. The van der Waals surface area contributed by atoms with E-state index in [0.717, 1.165) is 12.0 Å². The van der Waals surface area contributed by atoms with Crippen molar-refractivity contribution in [2.45, 2.75) is 84.1 Å². The second-order valence-electron chi connectivity index (χ2n) is 6.61. The molecule has 0 aromatic carbocycles. The highest BCUT2D eigenvalue weighted by atomic mass is 79.9. The summed E-state index contributed by atoms with van der Waals surface area (Å²) in [7, 11) is 0. The first kappa shape index (κ1) is 17.5. The van der Waals surface area contributed by atoms with E-state index in [4.69, 9.17) is 0 Å². The molecule has 1 nitrogen and oxygen atoms in total. The van der Waals surface area contributed by atoms with Crippen LogP contribution in [0.1, 0.15) is 78.1 Å². The number of nitrogens with zero attached hydrogens (tertiary/aromatic N) is 1. The number of halogens is 1. The van der Waals surface area contributed by atoms with Crippen LogP contribution >= 0.6 is 15.9 Å². The lowest BCUT2D eigenvalue weighted by Gasteiger charge is -2.22. The van der Waals surface area contributed by atoms with Crippen LogP contribution < -0.4 is 0 Å². The van der Waals surface area contributed by atoms with E-state index in [1.165, 1.54) is 82.6 Å². The monoisotopic (exact) mass is 331 g/mol. The van der Waals surface area contributed by atoms with Crippen molar-refractivity contribution in [1.82, 2.24) is 4.90 Å². The summed E-state index contributed by atoms with van der Waals surface area (Å²) in [5.74, 6) is 0.857. The molecule has 0 heterocycles. The SMILES string of the molecule is CC(C)CCN(CCCCCCCCCBr)C1CC1. The summed E-state index contributed by atoms with van der Waals surface area (Å²) in [4.78, 5) is 2.77. The van der Waals surface area contributed by atoms with Crippen LogP contribution in [0.5, 0.6) is 0 Å². The van der Waals surface area contributed by atoms with E-state index in [-0.39, 0.29) is 0 Å². The highest BCUT2D eigenvalue weighted by Crippen LogP contribution is 2.27. The van der Waals surface area contributed by atoms with Gasteiger partial charge >= 0.3 is 0 Å². The van der Waals surface area contributed by atoms with Gasteiger partial charge in [-0.2, -0.15) is 0 Å². The zero-order chi connectivity index (χ0) is 13.9. The molecule has 19 heavy (non-hydrogen) atoms. The number of rotatable bonds is 13. The Kier molecular flexibility index (Phi) is 10.3. The first-order chi connectivity index (χ1) is 9.24. The molecule has 114 valence electrons. The van der Waals surface area contributed by atoms with Gasteiger partial charge in [-0.3, -0.25) is 0 Å². The van der Waals surface area contributed by atoms with Crippen LogP contribution in [0.3, 0.4) is 0 Å². The topological polar surface area (TPSA) is 3.24 Å². The van der Waals surface area contributed by atoms with Gasteiger partial charge in [-0.05, 0) is 51.1 Å². The Balaban J connectivity index is 1.93. The van der Waals surface area contributed by atoms with Crippen LogP contribution in [0, 0.1) is 5.92 Å². The average Bonchev–Trinajstić information content (AvgIpc) is 3.20. The van der Waals surface area contributed by atoms with Crippen molar-refractivity contribution in [3.8, 4) is 0 Å². The maximum atomic E-state index is 3.50. The smallest absolute Gasteiger partial charge is 0.00964 e. The Morgan fingerprint density at radius 1 is 0.895 bits per heavy atom. The molecule has 1 aliphatic carbocycles. The van der Waals surface area contributed by atoms with E-state index >= 15 is 0 Å². The molecule has 0 amide bonds. The van der Waals surface area contributed by atoms with Crippen LogP contribution in [-0.4, -0.2) is 29.4 Å². The third kappa shape index (κ3) is 9.90. The largest absolute Gasteiger partial charge is 0.300 e. The van der Waals surface area contributed by atoms with Gasteiger partial charge in [0.15, 0.2) is 0 Å². The van der Waals surface area contributed by atoms with E-state index in [0.29, 0.717) is 0 Å². The van der Waals surface area contributed by atoms with E-state index in [2.05, 4.69) is 34.7 Å². The van der Waals surface area contributed by atoms with E-state index in [9.17, 15) is 0 Å². The van der Waals surface area contributed by atoms with E-state index in [1.807, 2.05) is 0 Å². The standard InChI is InChI=1S/C17H34BrN/c1-16(2)12-15-19(17-10-11-17)14-9-7-5-3-4-6-8-13-18/h16-17H,3-15H2,1-2H3. The van der Waals surface area contributed by atoms with Gasteiger partial charge in [0.2, 0.25) is 0 Å². The predicted molar refractivity (Wildman–Crippen MR) is 90.2 cm³/mol. The van der Waals surface area contributed by atoms with E-state index in [1.54, 1.807) is 0 Å². The van der Waals surface area contributed by atoms with Gasteiger partial charge in [0, 0.05) is 11.4 Å². The van der Waals surface area contributed by atoms with Crippen molar-refractivity contribution in [2.75, 3.05) is 18.4 Å². The minimum atomic E-state index is 0.857. The maximum Gasteiger partial charge on any atom is 0.00964 e. The maximum absolute atomic E-state index is 3.50. The molecule has 0 atom stereocenters. The third-order valence-corrected chi connectivity index (χ3v) is 4.70. The lowest BCUT2D eigenvalue weighted by molar-refractivity contribution is 0.242. The molecule has 0 aromatic rings. The lowest BCUT2D eigenvalue weighted by atomic mass is 10.1. The van der Waals surface area contributed by atoms with Gasteiger partial charge in [-0.25, -0.2) is 0 Å². The summed E-state index contributed by atoms with van der Waals surface area (Å²) in [5, 5.41) is 1.18. The fourth-order valence-electron chi connectivity index (χ4n) is 2.63. The molecule has 0 radical (unpaired) electrons. The molecule has 1 aliphatic rings. The van der Waals surface area contributed by atoms with Gasteiger partial charge in [0.05, 0.1) is 0 Å². The molecular formula is C17H34BrN. The van der Waals surface area contributed by atoms with Gasteiger partial charge in [0.1, 0.15) is 0 Å². The second kappa shape index (κ2) is 11.1. The van der Waals surface area contributed by atoms with Gasteiger partial charge in [-0.1, -0.05) is 61.9 Å². The number of hydrogen-bond donors (Lipinski definition) is 0. The minimum absolute atomic E-state index is 0.857. The van der Waals surface area contributed by atoms with E-state index < -0.39 is 0 Å². The summed E-state index contributed by atoms with van der Waals surface area (Å²) in [6.07, 6.45) is 14.3. The van der Waals surface area contributed by atoms with Crippen molar-refractivity contribution in [1.29, 1.82) is 0 Å². The highest BCUT2D eigenvalue weighted by Gasteiger charge is 2.27. The van der Waals surface area contributed by atoms with Crippen LogP contribution in [-0.2, 0) is 0 Å². The molecule has 0 aromatic heterocycles. The first-order valence-electron chi connectivity index (χ1n) is 8.54. The molecule has 0 aliphatic heterocycles. The van der Waals surface area contributed by atoms with Gasteiger partial charge in [0.25, 0.3) is 0 Å². The van der Waals surface area contributed by atoms with Crippen LogP contribution in [0.2, 0.25) is 0 Å². The lowest BCUT2D eigenvalue weighted by Crippen LogP contribution is -2.29. The highest BCUT2D eigenvalue weighted by molar-refractivity contribution is 9.09. The summed E-state index contributed by atoms with van der Waals surface area (Å²) >= 11 is 3.50. The fraction of sp³-hybridized carbons (Fsp3) is 1.00. The zero-order valence-electron chi connectivity index (χ0n) is 13.2.